The molecule has 3 heterocycles. The Morgan fingerprint density at radius 1 is 1.00 bits per heavy atom. The van der Waals surface area contributed by atoms with E-state index in [0.29, 0.717) is 10.6 Å². The van der Waals surface area contributed by atoms with Gasteiger partial charge >= 0.3 is 5.97 Å². The molecule has 5 rings (SSSR count). The maximum atomic E-state index is 13.9. The van der Waals surface area contributed by atoms with Gasteiger partial charge in [-0.1, -0.05) is 48.5 Å². The molecule has 2 fully saturated rings. The Morgan fingerprint density at radius 3 is 2.29 bits per heavy atom. The van der Waals surface area contributed by atoms with Crippen LogP contribution in [0.15, 0.2) is 60.7 Å². The molecule has 0 N–H and O–H groups in total. The number of hydroxylamine groups is 1. The van der Waals surface area contributed by atoms with Gasteiger partial charge in [0.1, 0.15) is 10.9 Å². The molecule has 7 nitrogen and oxygen atoms in total. The molecule has 2 aliphatic heterocycles. The summed E-state index contributed by atoms with van der Waals surface area (Å²) in [6.07, 6.45) is -0.990. The number of imide groups is 1. The van der Waals surface area contributed by atoms with E-state index in [1.165, 1.54) is 11.3 Å². The van der Waals surface area contributed by atoms with Crippen LogP contribution in [0.4, 0.5) is 10.7 Å². The minimum Gasteiger partial charge on any atom is -0.462 e. The molecule has 0 saturated carbocycles. The molecule has 8 heteroatoms. The Labute approximate surface area is 201 Å². The number of ether oxygens (including phenoxy) is 1. The second-order valence-corrected chi connectivity index (χ2v) is 9.47. The summed E-state index contributed by atoms with van der Waals surface area (Å²) in [5, 5.41) is 1.97. The molecule has 0 aliphatic carbocycles. The number of esters is 1. The van der Waals surface area contributed by atoms with Crippen molar-refractivity contribution in [3.63, 3.8) is 0 Å². The summed E-state index contributed by atoms with van der Waals surface area (Å²) in [6.45, 7) is 5.58. The van der Waals surface area contributed by atoms with Crippen LogP contribution in [0.5, 0.6) is 0 Å². The number of benzene rings is 2. The van der Waals surface area contributed by atoms with Gasteiger partial charge in [-0.3, -0.25) is 14.4 Å². The summed E-state index contributed by atoms with van der Waals surface area (Å²) >= 11 is 1.25. The van der Waals surface area contributed by atoms with Crippen LogP contribution < -0.4 is 9.96 Å². The van der Waals surface area contributed by atoms with Crippen molar-refractivity contribution in [1.82, 2.24) is 0 Å². The van der Waals surface area contributed by atoms with E-state index in [0.717, 1.165) is 21.0 Å². The Kier molecular flexibility index (Phi) is 5.71. The predicted molar refractivity (Wildman–Crippen MR) is 129 cm³/mol. The van der Waals surface area contributed by atoms with E-state index in [1.807, 2.05) is 67.6 Å². The lowest BCUT2D eigenvalue weighted by Crippen LogP contribution is -2.37. The van der Waals surface area contributed by atoms with Crippen molar-refractivity contribution in [3.8, 4) is 0 Å². The lowest BCUT2D eigenvalue weighted by Gasteiger charge is -2.28. The fraction of sp³-hybridized carbons (Fsp3) is 0.269. The third kappa shape index (κ3) is 3.41. The van der Waals surface area contributed by atoms with Crippen LogP contribution in [0.2, 0.25) is 0 Å². The van der Waals surface area contributed by atoms with Crippen LogP contribution in [0.25, 0.3) is 0 Å². The monoisotopic (exact) mass is 476 g/mol. The average molecular weight is 477 g/mol. The molecule has 2 aliphatic rings. The Balaban J connectivity index is 1.59. The van der Waals surface area contributed by atoms with Crippen molar-refractivity contribution >= 4 is 39.8 Å². The molecule has 2 amide bonds. The number of hydrogen-bond acceptors (Lipinski definition) is 7. The minimum absolute atomic E-state index is 0.199. The van der Waals surface area contributed by atoms with Gasteiger partial charge in [0, 0.05) is 4.88 Å². The number of aryl methyl sites for hydroxylation is 1. The first kappa shape index (κ1) is 22.3. The van der Waals surface area contributed by atoms with E-state index in [4.69, 9.17) is 9.57 Å². The number of nitrogens with zero attached hydrogens (tertiary/aromatic N) is 2. The third-order valence-electron chi connectivity index (χ3n) is 6.32. The zero-order chi connectivity index (χ0) is 24.0. The van der Waals surface area contributed by atoms with Crippen LogP contribution in [0, 0.1) is 19.8 Å². The maximum Gasteiger partial charge on any atom is 0.341 e. The normalized spacial score (nSPS) is 21.8. The highest BCUT2D eigenvalue weighted by molar-refractivity contribution is 7.17. The van der Waals surface area contributed by atoms with Crippen LogP contribution in [0.1, 0.15) is 39.3 Å². The van der Waals surface area contributed by atoms with Gasteiger partial charge in [0.2, 0.25) is 5.91 Å². The van der Waals surface area contributed by atoms with Gasteiger partial charge in [-0.15, -0.1) is 11.3 Å². The quantitative estimate of drug-likeness (QED) is 0.396. The van der Waals surface area contributed by atoms with E-state index in [-0.39, 0.29) is 18.1 Å². The van der Waals surface area contributed by atoms with E-state index in [9.17, 15) is 14.4 Å². The number of carbonyl (C=O) groups excluding carboxylic acids is 3. The Bertz CT molecular complexity index is 1260. The molecule has 2 aromatic carbocycles. The number of rotatable bonds is 5. The molecular formula is C26H24N2O5S. The van der Waals surface area contributed by atoms with E-state index in [2.05, 4.69) is 0 Å². The van der Waals surface area contributed by atoms with Crippen LogP contribution in [0.3, 0.4) is 0 Å². The number of amides is 2. The maximum absolute atomic E-state index is 13.9. The number of thiophene rings is 1. The fourth-order valence-corrected chi connectivity index (χ4v) is 5.77. The van der Waals surface area contributed by atoms with Gasteiger partial charge in [-0.2, -0.15) is 0 Å². The molecule has 0 bridgehead atoms. The standard InChI is InChI=1S/C26H24N2O5S/c1-4-32-26(31)19-15(2)16(3)34-25(19)27-23(29)20-21(17-11-7-5-8-12-17)28(33-22(20)24(27)30)18-13-9-6-10-14-18/h5-14,20-22H,4H2,1-3H3/t20-,21-,22+/m1/s1. The van der Waals surface area contributed by atoms with Crippen LogP contribution in [-0.2, 0) is 19.2 Å². The van der Waals surface area contributed by atoms with Crippen molar-refractivity contribution in [2.24, 2.45) is 5.92 Å². The zero-order valence-electron chi connectivity index (χ0n) is 19.1. The third-order valence-corrected chi connectivity index (χ3v) is 7.51. The molecule has 174 valence electrons. The second kappa shape index (κ2) is 8.70. The highest BCUT2D eigenvalue weighted by atomic mass is 32.1. The van der Waals surface area contributed by atoms with Crippen molar-refractivity contribution in [3.05, 3.63) is 82.2 Å². The zero-order valence-corrected chi connectivity index (χ0v) is 19.9. The van der Waals surface area contributed by atoms with Crippen LogP contribution >= 0.6 is 11.3 Å². The van der Waals surface area contributed by atoms with Gasteiger partial charge < -0.3 is 4.74 Å². The second-order valence-electron chi connectivity index (χ2n) is 8.26. The molecule has 3 atom stereocenters. The van der Waals surface area contributed by atoms with Crippen molar-refractivity contribution in [2.75, 3.05) is 16.6 Å². The van der Waals surface area contributed by atoms with E-state index in [1.54, 1.807) is 18.9 Å². The van der Waals surface area contributed by atoms with Gasteiger partial charge in [0.25, 0.3) is 5.91 Å². The summed E-state index contributed by atoms with van der Waals surface area (Å²) < 4.78 is 5.23. The van der Waals surface area contributed by atoms with Gasteiger partial charge in [-0.05, 0) is 44.0 Å². The number of fused-ring (bicyclic) bond motifs is 1. The van der Waals surface area contributed by atoms with E-state index >= 15 is 0 Å². The number of hydrogen-bond donors (Lipinski definition) is 0. The van der Waals surface area contributed by atoms with Crippen molar-refractivity contribution in [1.29, 1.82) is 0 Å². The summed E-state index contributed by atoms with van der Waals surface area (Å²) in [4.78, 5) is 48.4. The molecular weight excluding hydrogens is 452 g/mol. The molecule has 0 unspecified atom stereocenters. The first-order valence-electron chi connectivity index (χ1n) is 11.1. The Morgan fingerprint density at radius 2 is 1.65 bits per heavy atom. The molecule has 1 aromatic heterocycles. The number of carbonyl (C=O) groups is 3. The van der Waals surface area contributed by atoms with Crippen LogP contribution in [-0.4, -0.2) is 30.5 Å². The number of para-hydroxylation sites is 1. The highest BCUT2D eigenvalue weighted by Crippen LogP contribution is 2.49. The minimum atomic E-state index is -0.990. The lowest BCUT2D eigenvalue weighted by atomic mass is 9.90. The SMILES string of the molecule is CCOC(=O)c1c(N2C(=O)[C@H]3[C@H](ON(c4ccccc4)[C@@H]3c3ccccc3)C2=O)sc(C)c1C. The van der Waals surface area contributed by atoms with Crippen molar-refractivity contribution in [2.45, 2.75) is 32.9 Å². The smallest absolute Gasteiger partial charge is 0.341 e. The van der Waals surface area contributed by atoms with Gasteiger partial charge in [0.15, 0.2) is 6.10 Å². The summed E-state index contributed by atoms with van der Waals surface area (Å²) in [5.41, 5.74) is 2.60. The summed E-state index contributed by atoms with van der Waals surface area (Å²) in [6, 6.07) is 18.5. The van der Waals surface area contributed by atoms with Gasteiger partial charge in [0.05, 0.1) is 23.9 Å². The topological polar surface area (TPSA) is 76.2 Å². The average Bonchev–Trinajstić information content (AvgIpc) is 3.45. The summed E-state index contributed by atoms with van der Waals surface area (Å²) in [5.74, 6) is -2.15. The Hall–Kier alpha value is -3.49. The number of anilines is 2. The molecule has 0 spiro atoms. The summed E-state index contributed by atoms with van der Waals surface area (Å²) in [7, 11) is 0. The van der Waals surface area contributed by atoms with Crippen molar-refractivity contribution < 1.29 is 24.0 Å². The molecule has 2 saturated heterocycles. The van der Waals surface area contributed by atoms with Gasteiger partial charge in [-0.25, -0.2) is 14.8 Å². The first-order chi connectivity index (χ1) is 16.4. The molecule has 34 heavy (non-hydrogen) atoms. The first-order valence-corrected chi connectivity index (χ1v) is 12.0. The van der Waals surface area contributed by atoms with E-state index < -0.39 is 29.9 Å². The molecule has 3 aromatic rings. The lowest BCUT2D eigenvalue weighted by molar-refractivity contribution is -0.126. The predicted octanol–water partition coefficient (Wildman–Crippen LogP) is 4.59. The highest BCUT2D eigenvalue weighted by Gasteiger charge is 2.61. The fourth-order valence-electron chi connectivity index (χ4n) is 4.61. The molecule has 0 radical (unpaired) electrons. The largest absolute Gasteiger partial charge is 0.462 e.